The number of rotatable bonds is 3. The van der Waals surface area contributed by atoms with Crippen LogP contribution in [0.25, 0.3) is 0 Å². The molecule has 0 aromatic heterocycles. The SMILES string of the molecule is O=S(=O)([O-])C(CO)CO.[Na+]. The first-order valence-corrected chi connectivity index (χ1v) is 3.66. The van der Waals surface area contributed by atoms with E-state index < -0.39 is 28.6 Å². The molecule has 0 saturated carbocycles. The van der Waals surface area contributed by atoms with E-state index in [4.69, 9.17) is 10.2 Å². The number of aliphatic hydroxyl groups is 2. The zero-order chi connectivity index (χ0) is 7.49. The Morgan fingerprint density at radius 1 is 1.30 bits per heavy atom. The molecule has 0 spiro atoms. The van der Waals surface area contributed by atoms with Crippen molar-refractivity contribution in [2.45, 2.75) is 5.25 Å². The Labute approximate surface area is 81.1 Å². The second kappa shape index (κ2) is 5.48. The molecule has 0 aromatic rings. The van der Waals surface area contributed by atoms with Crippen molar-refractivity contribution in [3.63, 3.8) is 0 Å². The van der Waals surface area contributed by atoms with Crippen molar-refractivity contribution in [3.05, 3.63) is 0 Å². The van der Waals surface area contributed by atoms with Crippen molar-refractivity contribution < 1.29 is 52.7 Å². The quantitative estimate of drug-likeness (QED) is 0.333. The predicted molar refractivity (Wildman–Crippen MR) is 27.7 cm³/mol. The molecule has 7 heteroatoms. The number of hydrogen-bond donors (Lipinski definition) is 2. The topological polar surface area (TPSA) is 97.7 Å². The predicted octanol–water partition coefficient (Wildman–Crippen LogP) is -5.11. The van der Waals surface area contributed by atoms with Gasteiger partial charge in [0.1, 0.15) is 10.1 Å². The first kappa shape index (κ1) is 13.4. The monoisotopic (exact) mass is 178 g/mol. The van der Waals surface area contributed by atoms with E-state index in [1.165, 1.54) is 0 Å². The summed E-state index contributed by atoms with van der Waals surface area (Å²) in [5, 5.41) is 14.7. The van der Waals surface area contributed by atoms with Crippen LogP contribution in [0.4, 0.5) is 0 Å². The minimum atomic E-state index is -4.52. The Morgan fingerprint density at radius 3 is 1.60 bits per heavy atom. The van der Waals surface area contributed by atoms with Crippen LogP contribution < -0.4 is 29.6 Å². The maximum atomic E-state index is 9.92. The van der Waals surface area contributed by atoms with Gasteiger partial charge in [0, 0.05) is 0 Å². The zero-order valence-corrected chi connectivity index (χ0v) is 8.34. The van der Waals surface area contributed by atoms with Gasteiger partial charge in [-0.25, -0.2) is 8.42 Å². The Balaban J connectivity index is 0. The summed E-state index contributed by atoms with van der Waals surface area (Å²) in [6, 6.07) is 0. The van der Waals surface area contributed by atoms with Crippen LogP contribution in [0.5, 0.6) is 0 Å². The molecule has 0 unspecified atom stereocenters. The van der Waals surface area contributed by atoms with E-state index in [2.05, 4.69) is 0 Å². The molecule has 0 aliphatic carbocycles. The van der Waals surface area contributed by atoms with Crippen LogP contribution in [-0.4, -0.2) is 41.6 Å². The second-order valence-corrected chi connectivity index (χ2v) is 3.13. The van der Waals surface area contributed by atoms with Crippen molar-refractivity contribution >= 4 is 10.1 Å². The third kappa shape index (κ3) is 4.62. The van der Waals surface area contributed by atoms with Crippen LogP contribution >= 0.6 is 0 Å². The van der Waals surface area contributed by atoms with Gasteiger partial charge >= 0.3 is 29.6 Å². The van der Waals surface area contributed by atoms with Gasteiger partial charge < -0.3 is 14.8 Å². The minimum absolute atomic E-state index is 0. The third-order valence-corrected chi connectivity index (χ3v) is 1.93. The molecule has 56 valence electrons. The van der Waals surface area contributed by atoms with E-state index in [1.54, 1.807) is 0 Å². The molecule has 0 atom stereocenters. The van der Waals surface area contributed by atoms with Gasteiger partial charge in [0.25, 0.3) is 0 Å². The fourth-order valence-electron chi connectivity index (χ4n) is 0.240. The van der Waals surface area contributed by atoms with Crippen molar-refractivity contribution in [3.8, 4) is 0 Å². The standard InChI is InChI=1S/C3H8O5S.Na/c4-1-3(2-5)9(6,7)8;/h3-5H,1-2H2,(H,6,7,8);/q;+1/p-1. The van der Waals surface area contributed by atoms with E-state index in [1.807, 2.05) is 0 Å². The van der Waals surface area contributed by atoms with Crippen LogP contribution in [0.2, 0.25) is 0 Å². The van der Waals surface area contributed by atoms with Gasteiger partial charge in [-0.05, 0) is 0 Å². The third-order valence-electron chi connectivity index (χ3n) is 0.816. The molecule has 0 rings (SSSR count). The van der Waals surface area contributed by atoms with E-state index in [0.29, 0.717) is 0 Å². The summed E-state index contributed by atoms with van der Waals surface area (Å²) < 4.78 is 29.8. The van der Waals surface area contributed by atoms with Crippen LogP contribution in [0.3, 0.4) is 0 Å². The molecule has 0 fully saturated rings. The molecule has 0 aromatic carbocycles. The molecular formula is C3H7NaO5S. The summed E-state index contributed by atoms with van der Waals surface area (Å²) in [5.41, 5.74) is 0. The minimum Gasteiger partial charge on any atom is -0.748 e. The maximum Gasteiger partial charge on any atom is 1.00 e. The van der Waals surface area contributed by atoms with E-state index in [9.17, 15) is 13.0 Å². The van der Waals surface area contributed by atoms with E-state index >= 15 is 0 Å². The van der Waals surface area contributed by atoms with Crippen molar-refractivity contribution in [2.24, 2.45) is 0 Å². The van der Waals surface area contributed by atoms with Crippen LogP contribution in [-0.2, 0) is 10.1 Å². The molecule has 0 radical (unpaired) electrons. The average Bonchev–Trinajstić information content (AvgIpc) is 1.65. The van der Waals surface area contributed by atoms with Crippen molar-refractivity contribution in [1.82, 2.24) is 0 Å². The fourth-order valence-corrected chi connectivity index (χ4v) is 0.605. The Kier molecular flexibility index (Phi) is 7.35. The van der Waals surface area contributed by atoms with E-state index in [0.717, 1.165) is 0 Å². The maximum absolute atomic E-state index is 9.92. The first-order valence-electron chi connectivity index (χ1n) is 2.18. The molecule has 0 aliphatic rings. The van der Waals surface area contributed by atoms with Crippen LogP contribution in [0.15, 0.2) is 0 Å². The molecule has 2 N–H and O–H groups in total. The molecular weight excluding hydrogens is 171 g/mol. The number of aliphatic hydroxyl groups excluding tert-OH is 2. The normalized spacial score (nSPS) is 11.2. The van der Waals surface area contributed by atoms with Gasteiger partial charge in [-0.2, -0.15) is 0 Å². The van der Waals surface area contributed by atoms with Gasteiger partial charge in [0.05, 0.1) is 18.5 Å². The Morgan fingerprint density at radius 2 is 1.60 bits per heavy atom. The Bertz CT molecular complexity index is 160. The smallest absolute Gasteiger partial charge is 0.748 e. The average molecular weight is 178 g/mol. The summed E-state index contributed by atoms with van der Waals surface area (Å²) in [5.74, 6) is 0. The summed E-state index contributed by atoms with van der Waals surface area (Å²) >= 11 is 0. The largest absolute Gasteiger partial charge is 1.00 e. The summed E-state index contributed by atoms with van der Waals surface area (Å²) in [6.07, 6.45) is 0. The Hall–Kier alpha value is 0.830. The summed E-state index contributed by atoms with van der Waals surface area (Å²) in [6.45, 7) is -1.66. The summed E-state index contributed by atoms with van der Waals surface area (Å²) in [4.78, 5) is 0. The van der Waals surface area contributed by atoms with Gasteiger partial charge in [-0.3, -0.25) is 0 Å². The molecule has 10 heavy (non-hydrogen) atoms. The zero-order valence-electron chi connectivity index (χ0n) is 5.52. The first-order chi connectivity index (χ1) is 4.02. The molecule has 0 saturated heterocycles. The van der Waals surface area contributed by atoms with Crippen LogP contribution in [0, 0.1) is 0 Å². The van der Waals surface area contributed by atoms with Gasteiger partial charge in [0.15, 0.2) is 0 Å². The fraction of sp³-hybridized carbons (Fsp3) is 1.00. The van der Waals surface area contributed by atoms with Gasteiger partial charge in [0.2, 0.25) is 0 Å². The molecule has 0 heterocycles. The molecule has 0 bridgehead atoms. The van der Waals surface area contributed by atoms with Crippen LogP contribution in [0.1, 0.15) is 0 Å². The van der Waals surface area contributed by atoms with Gasteiger partial charge in [-0.1, -0.05) is 0 Å². The van der Waals surface area contributed by atoms with Crippen molar-refractivity contribution in [2.75, 3.05) is 13.2 Å². The molecule has 0 amide bonds. The summed E-state index contributed by atoms with van der Waals surface area (Å²) in [7, 11) is -4.52. The molecule has 0 aliphatic heterocycles. The van der Waals surface area contributed by atoms with Crippen molar-refractivity contribution in [1.29, 1.82) is 0 Å². The van der Waals surface area contributed by atoms with E-state index in [-0.39, 0.29) is 29.6 Å². The number of hydrogen-bond acceptors (Lipinski definition) is 5. The van der Waals surface area contributed by atoms with Gasteiger partial charge in [-0.15, -0.1) is 0 Å². The molecule has 5 nitrogen and oxygen atoms in total. The second-order valence-electron chi connectivity index (χ2n) is 1.48.